The third-order valence-electron chi connectivity index (χ3n) is 4.80. The molecule has 122 valence electrons. The lowest BCUT2D eigenvalue weighted by molar-refractivity contribution is -0.121. The summed E-state index contributed by atoms with van der Waals surface area (Å²) in [6, 6.07) is 10.1. The Hall–Kier alpha value is -1.35. The number of nitrogens with one attached hydrogen (secondary N) is 1. The predicted molar refractivity (Wildman–Crippen MR) is 89.7 cm³/mol. The number of aliphatic hydroxyl groups is 1. The minimum Gasteiger partial charge on any atom is -0.396 e. The van der Waals surface area contributed by atoms with Crippen LogP contribution in [0.3, 0.4) is 0 Å². The summed E-state index contributed by atoms with van der Waals surface area (Å²) < 4.78 is 0. The topological polar surface area (TPSA) is 49.3 Å². The summed E-state index contributed by atoms with van der Waals surface area (Å²) in [7, 11) is 0. The van der Waals surface area contributed by atoms with E-state index in [1.54, 1.807) is 0 Å². The lowest BCUT2D eigenvalue weighted by atomic mass is 9.86. The van der Waals surface area contributed by atoms with Gasteiger partial charge in [0.1, 0.15) is 0 Å². The monoisotopic (exact) mass is 303 g/mol. The Labute approximate surface area is 134 Å². The molecule has 3 heteroatoms. The Morgan fingerprint density at radius 3 is 2.59 bits per heavy atom. The van der Waals surface area contributed by atoms with Gasteiger partial charge in [0.2, 0.25) is 5.91 Å². The summed E-state index contributed by atoms with van der Waals surface area (Å²) in [5.41, 5.74) is 1.18. The van der Waals surface area contributed by atoms with Crippen LogP contribution in [0.25, 0.3) is 0 Å². The van der Waals surface area contributed by atoms with Gasteiger partial charge in [-0.25, -0.2) is 0 Å². The molecule has 0 spiro atoms. The second-order valence-corrected chi connectivity index (χ2v) is 6.47. The van der Waals surface area contributed by atoms with Crippen LogP contribution in [0, 0.1) is 5.92 Å². The lowest BCUT2D eigenvalue weighted by Crippen LogP contribution is -2.29. The van der Waals surface area contributed by atoms with Gasteiger partial charge in [0.05, 0.1) is 0 Å². The molecule has 1 fully saturated rings. The zero-order valence-electron chi connectivity index (χ0n) is 13.5. The zero-order chi connectivity index (χ0) is 15.6. The van der Waals surface area contributed by atoms with Crippen molar-refractivity contribution in [2.24, 2.45) is 5.92 Å². The highest BCUT2D eigenvalue weighted by atomic mass is 16.3. The molecular weight excluding hydrogens is 274 g/mol. The second-order valence-electron chi connectivity index (χ2n) is 6.47. The molecule has 0 bridgehead atoms. The maximum atomic E-state index is 12.1. The van der Waals surface area contributed by atoms with Crippen molar-refractivity contribution in [1.29, 1.82) is 0 Å². The van der Waals surface area contributed by atoms with Gasteiger partial charge in [-0.1, -0.05) is 62.4 Å². The van der Waals surface area contributed by atoms with E-state index < -0.39 is 0 Å². The standard InChI is InChI=1S/C19H29NO2/c21-14-13-18(17-9-5-2-6-10-17)15-20-19(22)12-11-16-7-3-1-4-8-16/h2,5-6,9-10,16,18,21H,1,3-4,7-8,11-15H2,(H,20,22). The summed E-state index contributed by atoms with van der Waals surface area (Å²) in [6.07, 6.45) is 8.98. The fraction of sp³-hybridized carbons (Fsp3) is 0.632. The van der Waals surface area contributed by atoms with Crippen LogP contribution in [0.2, 0.25) is 0 Å². The smallest absolute Gasteiger partial charge is 0.220 e. The molecule has 0 radical (unpaired) electrons. The molecule has 0 aromatic heterocycles. The van der Waals surface area contributed by atoms with Crippen LogP contribution < -0.4 is 5.32 Å². The molecule has 3 nitrogen and oxygen atoms in total. The Balaban J connectivity index is 1.73. The average Bonchev–Trinajstić information content (AvgIpc) is 2.58. The molecule has 1 unspecified atom stereocenters. The van der Waals surface area contributed by atoms with Crippen LogP contribution in [0.1, 0.15) is 62.8 Å². The molecule has 0 saturated heterocycles. The first-order valence-electron chi connectivity index (χ1n) is 8.72. The average molecular weight is 303 g/mol. The van der Waals surface area contributed by atoms with Crippen molar-refractivity contribution in [2.75, 3.05) is 13.2 Å². The summed E-state index contributed by atoms with van der Waals surface area (Å²) in [4.78, 5) is 12.1. The van der Waals surface area contributed by atoms with Crippen molar-refractivity contribution >= 4 is 5.91 Å². The summed E-state index contributed by atoms with van der Waals surface area (Å²) >= 11 is 0. The Morgan fingerprint density at radius 2 is 1.91 bits per heavy atom. The molecule has 1 atom stereocenters. The number of carbonyl (C=O) groups is 1. The lowest BCUT2D eigenvalue weighted by Gasteiger charge is -2.21. The van der Waals surface area contributed by atoms with E-state index in [1.807, 2.05) is 18.2 Å². The normalized spacial score (nSPS) is 17.1. The molecule has 1 saturated carbocycles. The highest BCUT2D eigenvalue weighted by Gasteiger charge is 2.16. The molecule has 2 N–H and O–H groups in total. The summed E-state index contributed by atoms with van der Waals surface area (Å²) in [6.45, 7) is 0.769. The van der Waals surface area contributed by atoms with E-state index in [0.29, 0.717) is 19.4 Å². The molecule has 0 aliphatic heterocycles. The van der Waals surface area contributed by atoms with Crippen molar-refractivity contribution in [3.05, 3.63) is 35.9 Å². The van der Waals surface area contributed by atoms with Crippen molar-refractivity contribution < 1.29 is 9.90 Å². The third kappa shape index (κ3) is 5.80. The molecule has 1 aliphatic rings. The first-order valence-corrected chi connectivity index (χ1v) is 8.72. The zero-order valence-corrected chi connectivity index (χ0v) is 13.5. The third-order valence-corrected chi connectivity index (χ3v) is 4.80. The summed E-state index contributed by atoms with van der Waals surface area (Å²) in [5, 5.41) is 12.3. The van der Waals surface area contributed by atoms with Crippen molar-refractivity contribution in [3.8, 4) is 0 Å². The fourth-order valence-corrected chi connectivity index (χ4v) is 3.40. The van der Waals surface area contributed by atoms with E-state index in [2.05, 4.69) is 17.4 Å². The SMILES string of the molecule is O=C(CCC1CCCCC1)NCC(CCO)c1ccccc1. The molecular formula is C19H29NO2. The number of carbonyl (C=O) groups excluding carboxylic acids is 1. The maximum absolute atomic E-state index is 12.1. The molecule has 1 aromatic carbocycles. The molecule has 22 heavy (non-hydrogen) atoms. The van der Waals surface area contributed by atoms with Crippen LogP contribution >= 0.6 is 0 Å². The largest absolute Gasteiger partial charge is 0.396 e. The van der Waals surface area contributed by atoms with Crippen LogP contribution in [0.15, 0.2) is 30.3 Å². The van der Waals surface area contributed by atoms with Gasteiger partial charge in [0.15, 0.2) is 0 Å². The number of hydrogen-bond acceptors (Lipinski definition) is 2. The quantitative estimate of drug-likeness (QED) is 0.770. The van der Waals surface area contributed by atoms with E-state index in [-0.39, 0.29) is 18.4 Å². The minimum absolute atomic E-state index is 0.150. The number of aliphatic hydroxyl groups excluding tert-OH is 1. The van der Waals surface area contributed by atoms with Crippen LogP contribution in [0.5, 0.6) is 0 Å². The van der Waals surface area contributed by atoms with E-state index in [1.165, 1.54) is 37.7 Å². The van der Waals surface area contributed by atoms with Gasteiger partial charge in [-0.2, -0.15) is 0 Å². The van der Waals surface area contributed by atoms with Crippen LogP contribution in [0.4, 0.5) is 0 Å². The Bertz CT molecular complexity index is 426. The number of amides is 1. The maximum Gasteiger partial charge on any atom is 0.220 e. The van der Waals surface area contributed by atoms with Gasteiger partial charge < -0.3 is 10.4 Å². The summed E-state index contributed by atoms with van der Waals surface area (Å²) in [5.74, 6) is 1.11. The first kappa shape index (κ1) is 17.0. The van der Waals surface area contributed by atoms with Gasteiger partial charge in [-0.05, 0) is 24.3 Å². The van der Waals surface area contributed by atoms with Gasteiger partial charge in [0.25, 0.3) is 0 Å². The second kappa shape index (κ2) is 9.62. The van der Waals surface area contributed by atoms with Gasteiger partial charge in [0, 0.05) is 25.5 Å². The number of benzene rings is 1. The van der Waals surface area contributed by atoms with Gasteiger partial charge >= 0.3 is 0 Å². The Kier molecular flexibility index (Phi) is 7.44. The molecule has 1 aliphatic carbocycles. The van der Waals surface area contributed by atoms with Gasteiger partial charge in [-0.15, -0.1) is 0 Å². The van der Waals surface area contributed by atoms with E-state index in [4.69, 9.17) is 0 Å². The Morgan fingerprint density at radius 1 is 1.18 bits per heavy atom. The first-order chi connectivity index (χ1) is 10.8. The fourth-order valence-electron chi connectivity index (χ4n) is 3.40. The van der Waals surface area contributed by atoms with E-state index in [0.717, 1.165) is 12.3 Å². The van der Waals surface area contributed by atoms with Crippen molar-refractivity contribution in [2.45, 2.75) is 57.3 Å². The molecule has 0 heterocycles. The van der Waals surface area contributed by atoms with E-state index in [9.17, 15) is 9.90 Å². The van der Waals surface area contributed by atoms with Crippen LogP contribution in [-0.4, -0.2) is 24.2 Å². The number of hydrogen-bond donors (Lipinski definition) is 2. The van der Waals surface area contributed by atoms with Crippen LogP contribution in [-0.2, 0) is 4.79 Å². The molecule has 1 aromatic rings. The van der Waals surface area contributed by atoms with Crippen molar-refractivity contribution in [3.63, 3.8) is 0 Å². The van der Waals surface area contributed by atoms with Gasteiger partial charge in [-0.3, -0.25) is 4.79 Å². The highest BCUT2D eigenvalue weighted by molar-refractivity contribution is 5.75. The molecule has 1 amide bonds. The number of rotatable bonds is 8. The molecule has 2 rings (SSSR count). The van der Waals surface area contributed by atoms with E-state index >= 15 is 0 Å². The van der Waals surface area contributed by atoms with Crippen molar-refractivity contribution in [1.82, 2.24) is 5.32 Å². The predicted octanol–water partition coefficient (Wildman–Crippen LogP) is 3.63. The highest BCUT2D eigenvalue weighted by Crippen LogP contribution is 2.27. The minimum atomic E-state index is 0.150.